The number of aromatic hydroxyl groups is 1. The molecule has 0 saturated carbocycles. The molecule has 0 aliphatic carbocycles. The molecule has 2 N–H and O–H groups in total. The smallest absolute Gasteiger partial charge is 0.193 e. The van der Waals surface area contributed by atoms with Crippen molar-refractivity contribution in [2.45, 2.75) is 25.7 Å². The second-order valence-corrected chi connectivity index (χ2v) is 7.03. The molecule has 1 aliphatic rings. The van der Waals surface area contributed by atoms with Gasteiger partial charge in [0.1, 0.15) is 5.75 Å². The molecule has 1 aliphatic heterocycles. The molecular weight excluding hydrogens is 449 g/mol. The van der Waals surface area contributed by atoms with Gasteiger partial charge in [-0.2, -0.15) is 0 Å². The highest BCUT2D eigenvalue weighted by atomic mass is 127. The summed E-state index contributed by atoms with van der Waals surface area (Å²) in [5.74, 6) is 2.05. The van der Waals surface area contributed by atoms with E-state index in [1.807, 2.05) is 19.2 Å². The first-order valence-electron chi connectivity index (χ1n) is 9.52. The van der Waals surface area contributed by atoms with Gasteiger partial charge in [-0.25, -0.2) is 0 Å². The van der Waals surface area contributed by atoms with Crippen LogP contribution in [0.5, 0.6) is 5.75 Å². The quantitative estimate of drug-likeness (QED) is 0.284. The van der Waals surface area contributed by atoms with Crippen LogP contribution in [0.2, 0.25) is 0 Å². The normalized spacial score (nSPS) is 16.9. The number of rotatable bonds is 6. The second-order valence-electron chi connectivity index (χ2n) is 7.03. The van der Waals surface area contributed by atoms with E-state index in [0.717, 1.165) is 44.9 Å². The third-order valence-corrected chi connectivity index (χ3v) is 5.03. The van der Waals surface area contributed by atoms with E-state index in [9.17, 15) is 5.11 Å². The van der Waals surface area contributed by atoms with E-state index in [-0.39, 0.29) is 24.0 Å². The monoisotopic (exact) mass is 479 g/mol. The van der Waals surface area contributed by atoms with Gasteiger partial charge in [0.2, 0.25) is 0 Å². The first-order valence-corrected chi connectivity index (χ1v) is 9.52. The lowest BCUT2D eigenvalue weighted by molar-refractivity contribution is 0.459. The molecule has 146 valence electrons. The van der Waals surface area contributed by atoms with Crippen LogP contribution >= 0.6 is 24.0 Å². The summed E-state index contributed by atoms with van der Waals surface area (Å²) in [5.41, 5.74) is 2.68. The van der Waals surface area contributed by atoms with Crippen LogP contribution in [0.3, 0.4) is 0 Å². The number of hydrogen-bond acceptors (Lipinski definition) is 2. The van der Waals surface area contributed by atoms with E-state index in [0.29, 0.717) is 11.7 Å². The number of aryl methyl sites for hydroxylation is 1. The molecule has 0 radical (unpaired) electrons. The summed E-state index contributed by atoms with van der Waals surface area (Å²) in [7, 11) is 1.87. The standard InChI is InChI=1S/C22H29N3O.HI/c1-23-22(24-14-5-8-18-9-11-21(26)12-10-18)25-15-13-20(17-25)16-19-6-3-2-4-7-19;/h2-4,6-7,9-12,20,26H,5,8,13-17H2,1H3,(H,23,24);1H. The first kappa shape index (κ1) is 21.5. The highest BCUT2D eigenvalue weighted by Gasteiger charge is 2.24. The Morgan fingerprint density at radius 1 is 1.11 bits per heavy atom. The van der Waals surface area contributed by atoms with Crippen LogP contribution in [-0.2, 0) is 12.8 Å². The molecule has 27 heavy (non-hydrogen) atoms. The molecule has 0 spiro atoms. The second kappa shape index (κ2) is 11.2. The van der Waals surface area contributed by atoms with Gasteiger partial charge < -0.3 is 15.3 Å². The van der Waals surface area contributed by atoms with Gasteiger partial charge in [-0.1, -0.05) is 42.5 Å². The first-order chi connectivity index (χ1) is 12.7. The minimum atomic E-state index is 0. The number of halogens is 1. The molecule has 2 aromatic rings. The zero-order valence-electron chi connectivity index (χ0n) is 16.0. The van der Waals surface area contributed by atoms with Crippen LogP contribution < -0.4 is 5.32 Å². The van der Waals surface area contributed by atoms with Gasteiger partial charge in [-0.3, -0.25) is 4.99 Å². The molecule has 1 unspecified atom stereocenters. The van der Waals surface area contributed by atoms with Crippen molar-refractivity contribution in [3.05, 3.63) is 65.7 Å². The summed E-state index contributed by atoms with van der Waals surface area (Å²) in [4.78, 5) is 6.85. The number of aliphatic imine (C=N–C) groups is 1. The minimum absolute atomic E-state index is 0. The molecule has 1 atom stereocenters. The van der Waals surface area contributed by atoms with Crippen molar-refractivity contribution in [3.63, 3.8) is 0 Å². The van der Waals surface area contributed by atoms with Crippen molar-refractivity contribution in [1.82, 2.24) is 10.2 Å². The fourth-order valence-electron chi connectivity index (χ4n) is 3.63. The van der Waals surface area contributed by atoms with Crippen LogP contribution in [0.4, 0.5) is 0 Å². The number of phenolic OH excluding ortho intramolecular Hbond substituents is 1. The van der Waals surface area contributed by atoms with Crippen LogP contribution in [0.15, 0.2) is 59.6 Å². The lowest BCUT2D eigenvalue weighted by Crippen LogP contribution is -2.40. The molecule has 3 rings (SSSR count). The van der Waals surface area contributed by atoms with E-state index in [4.69, 9.17) is 0 Å². The summed E-state index contributed by atoms with van der Waals surface area (Å²) < 4.78 is 0. The maximum absolute atomic E-state index is 9.34. The molecule has 0 amide bonds. The molecule has 0 aromatic heterocycles. The zero-order valence-corrected chi connectivity index (χ0v) is 18.3. The van der Waals surface area contributed by atoms with E-state index < -0.39 is 0 Å². The van der Waals surface area contributed by atoms with Crippen molar-refractivity contribution in [1.29, 1.82) is 0 Å². The van der Waals surface area contributed by atoms with Gasteiger partial charge in [-0.05, 0) is 54.9 Å². The number of benzene rings is 2. The fourth-order valence-corrected chi connectivity index (χ4v) is 3.63. The molecule has 1 saturated heterocycles. The van der Waals surface area contributed by atoms with Gasteiger partial charge in [0.15, 0.2) is 5.96 Å². The summed E-state index contributed by atoms with van der Waals surface area (Å²) in [5, 5.41) is 12.8. The average molecular weight is 479 g/mol. The summed E-state index contributed by atoms with van der Waals surface area (Å²) in [6, 6.07) is 18.2. The predicted octanol–water partition coefficient (Wildman–Crippen LogP) is 4.08. The summed E-state index contributed by atoms with van der Waals surface area (Å²) in [6.07, 6.45) is 4.42. The fraction of sp³-hybridized carbons (Fsp3) is 0.409. The lowest BCUT2D eigenvalue weighted by atomic mass is 9.99. The predicted molar refractivity (Wildman–Crippen MR) is 123 cm³/mol. The van der Waals surface area contributed by atoms with Crippen LogP contribution in [0, 0.1) is 5.92 Å². The number of nitrogens with zero attached hydrogens (tertiary/aromatic N) is 2. The largest absolute Gasteiger partial charge is 0.508 e. The van der Waals surface area contributed by atoms with Gasteiger partial charge >= 0.3 is 0 Å². The number of nitrogens with one attached hydrogen (secondary N) is 1. The van der Waals surface area contributed by atoms with Crippen LogP contribution in [-0.4, -0.2) is 42.6 Å². The van der Waals surface area contributed by atoms with Crippen molar-refractivity contribution in [2.24, 2.45) is 10.9 Å². The maximum atomic E-state index is 9.34. The van der Waals surface area contributed by atoms with Crippen LogP contribution in [0.1, 0.15) is 24.0 Å². The van der Waals surface area contributed by atoms with Crippen molar-refractivity contribution >= 4 is 29.9 Å². The number of guanidine groups is 1. The average Bonchev–Trinajstić information content (AvgIpc) is 3.12. The Balaban J connectivity index is 0.00000261. The Bertz CT molecular complexity index is 703. The SMILES string of the molecule is CN=C(NCCCc1ccc(O)cc1)N1CCC(Cc2ccccc2)C1.I. The lowest BCUT2D eigenvalue weighted by Gasteiger charge is -2.21. The van der Waals surface area contributed by atoms with E-state index in [2.05, 4.69) is 45.5 Å². The van der Waals surface area contributed by atoms with Crippen molar-refractivity contribution in [2.75, 3.05) is 26.7 Å². The molecule has 4 nitrogen and oxygen atoms in total. The third kappa shape index (κ3) is 6.72. The van der Waals surface area contributed by atoms with Crippen LogP contribution in [0.25, 0.3) is 0 Å². The molecule has 0 bridgehead atoms. The molecule has 5 heteroatoms. The molecule has 2 aromatic carbocycles. The molecular formula is C22H30IN3O. The van der Waals surface area contributed by atoms with Gasteiger partial charge in [-0.15, -0.1) is 24.0 Å². The molecule has 1 fully saturated rings. The topological polar surface area (TPSA) is 47.9 Å². The summed E-state index contributed by atoms with van der Waals surface area (Å²) >= 11 is 0. The Hall–Kier alpha value is -1.76. The van der Waals surface area contributed by atoms with E-state index in [1.54, 1.807) is 12.1 Å². The van der Waals surface area contributed by atoms with E-state index in [1.165, 1.54) is 17.5 Å². The third-order valence-electron chi connectivity index (χ3n) is 5.03. The number of likely N-dealkylation sites (tertiary alicyclic amines) is 1. The Morgan fingerprint density at radius 2 is 1.85 bits per heavy atom. The number of hydrogen-bond donors (Lipinski definition) is 2. The van der Waals surface area contributed by atoms with Crippen molar-refractivity contribution in [3.8, 4) is 5.75 Å². The van der Waals surface area contributed by atoms with Crippen molar-refractivity contribution < 1.29 is 5.11 Å². The van der Waals surface area contributed by atoms with Gasteiger partial charge in [0.05, 0.1) is 0 Å². The summed E-state index contributed by atoms with van der Waals surface area (Å²) in [6.45, 7) is 3.06. The van der Waals surface area contributed by atoms with Gasteiger partial charge in [0.25, 0.3) is 0 Å². The Morgan fingerprint density at radius 3 is 2.56 bits per heavy atom. The number of phenols is 1. The zero-order chi connectivity index (χ0) is 18.2. The Labute approximate surface area is 179 Å². The Kier molecular flexibility index (Phi) is 8.91. The highest BCUT2D eigenvalue weighted by Crippen LogP contribution is 2.20. The minimum Gasteiger partial charge on any atom is -0.508 e. The highest BCUT2D eigenvalue weighted by molar-refractivity contribution is 14.0. The van der Waals surface area contributed by atoms with E-state index >= 15 is 0 Å². The maximum Gasteiger partial charge on any atom is 0.193 e. The molecule has 1 heterocycles. The van der Waals surface area contributed by atoms with Gasteiger partial charge in [0, 0.05) is 26.7 Å².